The van der Waals surface area contributed by atoms with Crippen LogP contribution in [0.15, 0.2) is 71.6 Å². The Balaban J connectivity index is 1.64. The number of anilines is 1. The Labute approximate surface area is 191 Å². The second-order valence-corrected chi connectivity index (χ2v) is 10.4. The molecule has 3 aromatic rings. The van der Waals surface area contributed by atoms with Gasteiger partial charge in [0.1, 0.15) is 6.04 Å². The molecule has 1 saturated heterocycles. The topological polar surface area (TPSA) is 95.0 Å². The fraction of sp³-hybridized carbons (Fsp3) is 0.217. The van der Waals surface area contributed by atoms with Crippen molar-refractivity contribution in [3.8, 4) is 0 Å². The number of hydrogen-bond donors (Lipinski definition) is 2. The largest absolute Gasteiger partial charge is 0.478 e. The molecule has 1 aliphatic heterocycles. The number of sulfonamides is 1. The molecule has 166 valence electrons. The molecule has 0 aliphatic carbocycles. The number of carbonyl (C=O) groups excluding carboxylic acids is 1. The molecule has 32 heavy (non-hydrogen) atoms. The number of fused-ring (bicyclic) bond motifs is 1. The van der Waals surface area contributed by atoms with Crippen LogP contribution in [0.5, 0.6) is 0 Å². The highest BCUT2D eigenvalue weighted by Crippen LogP contribution is 2.32. The van der Waals surface area contributed by atoms with Crippen molar-refractivity contribution in [2.24, 2.45) is 0 Å². The lowest BCUT2D eigenvalue weighted by Crippen LogP contribution is -2.46. The van der Waals surface area contributed by atoms with Crippen LogP contribution >= 0.6 is 12.6 Å². The summed E-state index contributed by atoms with van der Waals surface area (Å²) in [6.45, 7) is 0.125. The summed E-state index contributed by atoms with van der Waals surface area (Å²) < 4.78 is 28.2. The predicted molar refractivity (Wildman–Crippen MR) is 126 cm³/mol. The lowest BCUT2D eigenvalue weighted by atomic mass is 10.1. The van der Waals surface area contributed by atoms with Gasteiger partial charge in [0, 0.05) is 24.5 Å². The lowest BCUT2D eigenvalue weighted by molar-refractivity contribution is -0.121. The van der Waals surface area contributed by atoms with Crippen molar-refractivity contribution >= 4 is 51.0 Å². The van der Waals surface area contributed by atoms with Crippen LogP contribution in [-0.4, -0.2) is 54.6 Å². The van der Waals surface area contributed by atoms with Gasteiger partial charge in [0.05, 0.1) is 10.5 Å². The van der Waals surface area contributed by atoms with Gasteiger partial charge >= 0.3 is 5.97 Å². The molecule has 1 heterocycles. The maximum absolute atomic E-state index is 13.5. The molecule has 0 bridgehead atoms. The summed E-state index contributed by atoms with van der Waals surface area (Å²) in [7, 11) is -2.39. The van der Waals surface area contributed by atoms with E-state index < -0.39 is 27.9 Å². The second-order valence-electron chi connectivity index (χ2n) is 7.74. The molecule has 9 heteroatoms. The maximum Gasteiger partial charge on any atom is 0.335 e. The maximum atomic E-state index is 13.5. The number of aromatic carboxylic acids is 1. The first-order valence-electron chi connectivity index (χ1n) is 9.98. The highest BCUT2D eigenvalue weighted by molar-refractivity contribution is 7.89. The Hall–Kier alpha value is -2.88. The molecule has 0 radical (unpaired) electrons. The highest BCUT2D eigenvalue weighted by atomic mass is 32.2. The van der Waals surface area contributed by atoms with Crippen molar-refractivity contribution in [3.05, 3.63) is 72.3 Å². The molecule has 1 aliphatic rings. The predicted octanol–water partition coefficient (Wildman–Crippen LogP) is 3.26. The van der Waals surface area contributed by atoms with Gasteiger partial charge in [0.25, 0.3) is 0 Å². The van der Waals surface area contributed by atoms with E-state index in [0.29, 0.717) is 5.69 Å². The van der Waals surface area contributed by atoms with Crippen LogP contribution in [0.2, 0.25) is 0 Å². The van der Waals surface area contributed by atoms with E-state index in [0.717, 1.165) is 10.8 Å². The number of likely N-dealkylation sites (N-methyl/N-ethyl adjacent to an activating group) is 1. The molecule has 0 spiro atoms. The molecule has 2 atom stereocenters. The van der Waals surface area contributed by atoms with Crippen molar-refractivity contribution in [2.45, 2.75) is 22.6 Å². The molecule has 0 unspecified atom stereocenters. The number of benzene rings is 3. The molecule has 3 aromatic carbocycles. The molecule has 1 N–H and O–H groups in total. The number of nitrogens with zero attached hydrogens (tertiary/aromatic N) is 2. The van der Waals surface area contributed by atoms with E-state index in [1.807, 2.05) is 24.3 Å². The van der Waals surface area contributed by atoms with Crippen molar-refractivity contribution in [1.82, 2.24) is 4.31 Å². The van der Waals surface area contributed by atoms with E-state index in [-0.39, 0.29) is 28.7 Å². The van der Waals surface area contributed by atoms with Gasteiger partial charge in [-0.15, -0.1) is 0 Å². The van der Waals surface area contributed by atoms with Crippen LogP contribution in [0.3, 0.4) is 0 Å². The average Bonchev–Trinajstić information content (AvgIpc) is 3.20. The lowest BCUT2D eigenvalue weighted by Gasteiger charge is -2.27. The number of carboxylic acid groups (broad SMARTS) is 1. The van der Waals surface area contributed by atoms with E-state index in [9.17, 15) is 18.0 Å². The zero-order valence-corrected chi connectivity index (χ0v) is 19.0. The summed E-state index contributed by atoms with van der Waals surface area (Å²) in [4.78, 5) is 25.8. The zero-order valence-electron chi connectivity index (χ0n) is 17.2. The van der Waals surface area contributed by atoms with Crippen molar-refractivity contribution in [2.75, 3.05) is 18.5 Å². The quantitative estimate of drug-likeness (QED) is 0.558. The molecular formula is C23H22N2O5S2. The molecule has 1 amide bonds. The first-order valence-corrected chi connectivity index (χ1v) is 11.9. The fourth-order valence-corrected chi connectivity index (χ4v) is 6.08. The van der Waals surface area contributed by atoms with Gasteiger partial charge in [-0.2, -0.15) is 16.9 Å². The van der Waals surface area contributed by atoms with Gasteiger partial charge in [0.15, 0.2) is 0 Å². The van der Waals surface area contributed by atoms with Crippen molar-refractivity contribution in [3.63, 3.8) is 0 Å². The van der Waals surface area contributed by atoms with Crippen molar-refractivity contribution in [1.29, 1.82) is 0 Å². The van der Waals surface area contributed by atoms with Crippen LogP contribution < -0.4 is 4.90 Å². The van der Waals surface area contributed by atoms with Crippen LogP contribution in [0.25, 0.3) is 10.8 Å². The molecule has 0 aromatic heterocycles. The molecule has 7 nitrogen and oxygen atoms in total. The summed E-state index contributed by atoms with van der Waals surface area (Å²) in [5.74, 6) is -1.46. The van der Waals surface area contributed by atoms with E-state index in [4.69, 9.17) is 5.11 Å². The number of carbonyl (C=O) groups is 2. The Morgan fingerprint density at radius 2 is 1.69 bits per heavy atom. The Kier molecular flexibility index (Phi) is 5.98. The molecular weight excluding hydrogens is 448 g/mol. The van der Waals surface area contributed by atoms with E-state index >= 15 is 0 Å². The van der Waals surface area contributed by atoms with Gasteiger partial charge in [0.2, 0.25) is 15.9 Å². The fourth-order valence-electron chi connectivity index (χ4n) is 3.92. The van der Waals surface area contributed by atoms with E-state index in [1.165, 1.54) is 33.5 Å². The number of hydrogen-bond acceptors (Lipinski definition) is 5. The van der Waals surface area contributed by atoms with Gasteiger partial charge < -0.3 is 10.0 Å². The van der Waals surface area contributed by atoms with Crippen molar-refractivity contribution < 1.29 is 23.1 Å². The van der Waals surface area contributed by atoms with E-state index in [1.54, 1.807) is 25.2 Å². The normalized spacial score (nSPS) is 19.2. The molecule has 1 fully saturated rings. The number of rotatable bonds is 5. The zero-order chi connectivity index (χ0) is 23.0. The Bertz CT molecular complexity index is 1290. The van der Waals surface area contributed by atoms with Crippen LogP contribution in [0.4, 0.5) is 5.69 Å². The summed E-state index contributed by atoms with van der Waals surface area (Å²) in [5, 5.41) is 10.5. The third kappa shape index (κ3) is 4.11. The Morgan fingerprint density at radius 3 is 2.34 bits per heavy atom. The standard InChI is InChI=1S/C23H22N2O5S2/c1-24(18-9-6-16(7-10-18)23(27)28)22(26)21-13-19(31)14-25(21)32(29,30)20-11-8-15-4-2-3-5-17(15)12-20/h2-12,19,21,31H,13-14H2,1H3,(H,27,28)/t19-,21+/m1/s1. The third-order valence-electron chi connectivity index (χ3n) is 5.68. The SMILES string of the molecule is CN(C(=O)[C@@H]1C[C@@H](S)CN1S(=O)(=O)c1ccc2ccccc2c1)c1ccc(C(=O)O)cc1. The van der Waals surface area contributed by atoms with Gasteiger partial charge in [-0.1, -0.05) is 30.3 Å². The minimum absolute atomic E-state index is 0.103. The third-order valence-corrected chi connectivity index (χ3v) is 7.92. The summed E-state index contributed by atoms with van der Waals surface area (Å²) >= 11 is 4.46. The minimum Gasteiger partial charge on any atom is -0.478 e. The molecule has 0 saturated carbocycles. The number of amides is 1. The van der Waals surface area contributed by atoms with Gasteiger partial charge in [-0.3, -0.25) is 4.79 Å². The van der Waals surface area contributed by atoms with Gasteiger partial charge in [-0.05, 0) is 53.6 Å². The summed E-state index contributed by atoms with van der Waals surface area (Å²) in [5.41, 5.74) is 0.581. The van der Waals surface area contributed by atoms with Crippen LogP contribution in [0.1, 0.15) is 16.8 Å². The monoisotopic (exact) mass is 470 g/mol. The molecule has 4 rings (SSSR count). The Morgan fingerprint density at radius 1 is 1.03 bits per heavy atom. The van der Waals surface area contributed by atoms with Crippen LogP contribution in [0, 0.1) is 0 Å². The number of thiol groups is 1. The summed E-state index contributed by atoms with van der Waals surface area (Å²) in [6, 6.07) is 17.4. The van der Waals surface area contributed by atoms with E-state index in [2.05, 4.69) is 12.6 Å². The van der Waals surface area contributed by atoms with Crippen LogP contribution in [-0.2, 0) is 14.8 Å². The summed E-state index contributed by atoms with van der Waals surface area (Å²) in [6.07, 6.45) is 0.284. The van der Waals surface area contributed by atoms with Gasteiger partial charge in [-0.25, -0.2) is 13.2 Å². The highest BCUT2D eigenvalue weighted by Gasteiger charge is 2.44. The average molecular weight is 471 g/mol. The number of carboxylic acids is 1. The smallest absolute Gasteiger partial charge is 0.335 e. The first-order chi connectivity index (χ1) is 15.2. The second kappa shape index (κ2) is 8.57. The minimum atomic E-state index is -3.93. The first kappa shape index (κ1) is 22.3.